The topological polar surface area (TPSA) is 177 Å². The van der Waals surface area contributed by atoms with Gasteiger partial charge >= 0.3 is 5.97 Å². The van der Waals surface area contributed by atoms with Gasteiger partial charge in [0.05, 0.1) is 42.5 Å². The van der Waals surface area contributed by atoms with Crippen LogP contribution in [-0.4, -0.2) is 114 Å². The van der Waals surface area contributed by atoms with Crippen molar-refractivity contribution in [2.45, 2.75) is 185 Å². The van der Waals surface area contributed by atoms with E-state index in [0.29, 0.717) is 31.0 Å². The minimum Gasteiger partial charge on any atom is -0.458 e. The number of carbonyl (C=O) groups excluding carboxylic acids is 3. The third-order valence-corrected chi connectivity index (χ3v) is 15.0. The molecule has 13 heteroatoms. The molecule has 0 aromatic heterocycles. The maximum atomic E-state index is 12.6. The SMILES string of the molecule is CC(C=O)O[C@H](CC=O)O[C@H]1[C@@H](O)C[C@H](O[C@H]2[C@@H](O)C[C@H](O[C@H]3CCC4(C)[C@H](CC[C@@H]5[C@@H]4CC[C@]4(C)[C@@H](C6=CC(=O)OC6)CCC54O)C3)O[C@@H]2C)O[C@@H]1C. The first kappa shape index (κ1) is 40.4. The second-order valence-corrected chi connectivity index (χ2v) is 18.0. The monoisotopic (exact) mass is 762 g/mol. The summed E-state index contributed by atoms with van der Waals surface area (Å²) in [5.74, 6) is 1.10. The zero-order valence-electron chi connectivity index (χ0n) is 32.5. The third kappa shape index (κ3) is 7.39. The Balaban J connectivity index is 0.905. The van der Waals surface area contributed by atoms with Gasteiger partial charge in [0.15, 0.2) is 18.9 Å². The predicted octanol–water partition coefficient (Wildman–Crippen LogP) is 3.91. The van der Waals surface area contributed by atoms with Gasteiger partial charge < -0.3 is 58.1 Å². The van der Waals surface area contributed by atoms with Gasteiger partial charge in [-0.15, -0.1) is 0 Å². The van der Waals surface area contributed by atoms with E-state index >= 15 is 0 Å². The van der Waals surface area contributed by atoms with Gasteiger partial charge in [-0.25, -0.2) is 4.79 Å². The molecule has 0 amide bonds. The lowest BCUT2D eigenvalue weighted by Crippen LogP contribution is -2.62. The number of rotatable bonds is 12. The molecule has 3 unspecified atom stereocenters. The Labute approximate surface area is 318 Å². The molecule has 0 bridgehead atoms. The number of aliphatic hydroxyl groups is 3. The van der Waals surface area contributed by atoms with E-state index in [0.717, 1.165) is 63.4 Å². The normalized spacial score (nSPS) is 48.8. The minimum atomic E-state index is -1.01. The highest BCUT2D eigenvalue weighted by molar-refractivity contribution is 5.85. The van der Waals surface area contributed by atoms with Crippen LogP contribution >= 0.6 is 0 Å². The summed E-state index contributed by atoms with van der Waals surface area (Å²) >= 11 is 0. The summed E-state index contributed by atoms with van der Waals surface area (Å²) in [6, 6.07) is 0. The molecule has 2 saturated heterocycles. The van der Waals surface area contributed by atoms with Gasteiger partial charge in [0.2, 0.25) is 0 Å². The second-order valence-electron chi connectivity index (χ2n) is 18.0. The zero-order chi connectivity index (χ0) is 38.6. The van der Waals surface area contributed by atoms with Crippen molar-refractivity contribution < 1.29 is 62.9 Å². The zero-order valence-corrected chi connectivity index (χ0v) is 32.5. The first-order valence-corrected chi connectivity index (χ1v) is 20.5. The van der Waals surface area contributed by atoms with Gasteiger partial charge in [0.25, 0.3) is 0 Å². The number of hydrogen-bond acceptors (Lipinski definition) is 13. The lowest BCUT2D eigenvalue weighted by Gasteiger charge is -2.64. The third-order valence-electron chi connectivity index (χ3n) is 15.0. The summed E-state index contributed by atoms with van der Waals surface area (Å²) in [5, 5.41) is 34.8. The first-order valence-electron chi connectivity index (χ1n) is 20.5. The average molecular weight is 763 g/mol. The van der Waals surface area contributed by atoms with E-state index in [1.54, 1.807) is 19.9 Å². The fourth-order valence-corrected chi connectivity index (χ4v) is 12.2. The molecular weight excluding hydrogens is 700 g/mol. The lowest BCUT2D eigenvalue weighted by molar-refractivity contribution is -0.328. The maximum absolute atomic E-state index is 12.6. The molecule has 3 heterocycles. The Kier molecular flexibility index (Phi) is 11.9. The fraction of sp³-hybridized carbons (Fsp3) is 0.878. The van der Waals surface area contributed by atoms with Crippen molar-refractivity contribution in [1.29, 1.82) is 0 Å². The number of aldehydes is 2. The van der Waals surface area contributed by atoms with Crippen molar-refractivity contribution in [3.05, 3.63) is 11.6 Å². The summed E-state index contributed by atoms with van der Waals surface area (Å²) in [4.78, 5) is 34.1. The maximum Gasteiger partial charge on any atom is 0.331 e. The van der Waals surface area contributed by atoms with Gasteiger partial charge in [0.1, 0.15) is 37.5 Å². The highest BCUT2D eigenvalue weighted by Crippen LogP contribution is 2.70. The van der Waals surface area contributed by atoms with Crippen LogP contribution in [0.15, 0.2) is 11.6 Å². The van der Waals surface area contributed by atoms with Crippen molar-refractivity contribution in [2.24, 2.45) is 34.5 Å². The highest BCUT2D eigenvalue weighted by atomic mass is 16.7. The van der Waals surface area contributed by atoms with Crippen molar-refractivity contribution in [3.63, 3.8) is 0 Å². The summed E-state index contributed by atoms with van der Waals surface area (Å²) < 4.78 is 41.7. The molecule has 13 nitrogen and oxygen atoms in total. The Bertz CT molecular complexity index is 1380. The molecule has 4 saturated carbocycles. The molecule has 0 aromatic rings. The molecule has 54 heavy (non-hydrogen) atoms. The van der Waals surface area contributed by atoms with Gasteiger partial charge in [-0.1, -0.05) is 13.8 Å². The van der Waals surface area contributed by atoms with Crippen LogP contribution in [0.25, 0.3) is 0 Å². The molecule has 18 atom stereocenters. The van der Waals surface area contributed by atoms with Crippen LogP contribution in [0.1, 0.15) is 112 Å². The smallest absolute Gasteiger partial charge is 0.331 e. The molecule has 3 aliphatic heterocycles. The van der Waals surface area contributed by atoms with Crippen LogP contribution in [0.4, 0.5) is 0 Å². The van der Waals surface area contributed by atoms with Crippen LogP contribution in [0.3, 0.4) is 0 Å². The van der Waals surface area contributed by atoms with Crippen molar-refractivity contribution in [3.8, 4) is 0 Å². The second kappa shape index (κ2) is 15.9. The quantitative estimate of drug-likeness (QED) is 0.113. The summed E-state index contributed by atoms with van der Waals surface area (Å²) in [6.45, 7) is 10.2. The van der Waals surface area contributed by atoms with Crippen LogP contribution in [0, 0.1) is 34.5 Å². The number of fused-ring (bicyclic) bond motifs is 5. The van der Waals surface area contributed by atoms with Crippen LogP contribution in [0.5, 0.6) is 0 Å². The van der Waals surface area contributed by atoms with Crippen molar-refractivity contribution in [2.75, 3.05) is 6.61 Å². The average Bonchev–Trinajstić information content (AvgIpc) is 3.67. The van der Waals surface area contributed by atoms with E-state index in [4.69, 9.17) is 33.2 Å². The van der Waals surface area contributed by atoms with Gasteiger partial charge in [-0.2, -0.15) is 0 Å². The van der Waals surface area contributed by atoms with E-state index in [2.05, 4.69) is 13.8 Å². The molecule has 304 valence electrons. The minimum absolute atomic E-state index is 0.0114. The van der Waals surface area contributed by atoms with E-state index in [9.17, 15) is 29.7 Å². The lowest BCUT2D eigenvalue weighted by atomic mass is 9.43. The standard InChI is InChI=1S/C41H62O13/c1-22(20-43)49-34(11-15-42)53-37-23(2)51-36(19-32(37)45)54-38-24(3)50-35(18-31(38)44)52-27-8-12-39(4)26(17-27)6-7-30-29(39)9-13-40(5)28(10-14-41(30,40)47)25-16-33(46)48-21-25/h15-16,20,22-24,26-32,34-38,44-45,47H,6-14,17-19,21H2,1-5H3/t22?,23-,24-,26-,27+,28-,29+,30-,31+,32+,34+,35+,36+,37-,38-,39?,40-,41?/m1/s1. The molecule has 7 aliphatic rings. The van der Waals surface area contributed by atoms with Gasteiger partial charge in [-0.05, 0) is 113 Å². The van der Waals surface area contributed by atoms with Crippen LogP contribution in [0.2, 0.25) is 0 Å². The Hall–Kier alpha value is -1.81. The molecule has 0 aromatic carbocycles. The molecule has 4 aliphatic carbocycles. The van der Waals surface area contributed by atoms with Gasteiger partial charge in [0, 0.05) is 24.3 Å². The number of hydrogen-bond donors (Lipinski definition) is 3. The number of carbonyl (C=O) groups is 3. The van der Waals surface area contributed by atoms with E-state index in [-0.39, 0.29) is 54.0 Å². The summed E-state index contributed by atoms with van der Waals surface area (Å²) in [6.07, 6.45) is 4.02. The van der Waals surface area contributed by atoms with E-state index < -0.39 is 67.2 Å². The number of cyclic esters (lactones) is 1. The van der Waals surface area contributed by atoms with Crippen LogP contribution in [-0.2, 0) is 47.5 Å². The molecular formula is C41H62O13. The first-order chi connectivity index (χ1) is 25.7. The molecule has 7 rings (SSSR count). The summed E-state index contributed by atoms with van der Waals surface area (Å²) in [5.41, 5.74) is 0.188. The van der Waals surface area contributed by atoms with Crippen LogP contribution < -0.4 is 0 Å². The molecule has 0 radical (unpaired) electrons. The number of ether oxygens (including phenoxy) is 7. The Morgan fingerprint density at radius 3 is 2.24 bits per heavy atom. The predicted molar refractivity (Wildman–Crippen MR) is 191 cm³/mol. The van der Waals surface area contributed by atoms with Crippen molar-refractivity contribution in [1.82, 2.24) is 0 Å². The van der Waals surface area contributed by atoms with Crippen molar-refractivity contribution >= 4 is 18.5 Å². The fourth-order valence-electron chi connectivity index (χ4n) is 12.2. The summed E-state index contributed by atoms with van der Waals surface area (Å²) in [7, 11) is 0. The number of aliphatic hydroxyl groups excluding tert-OH is 2. The molecule has 0 spiro atoms. The Morgan fingerprint density at radius 2 is 1.59 bits per heavy atom. The largest absolute Gasteiger partial charge is 0.458 e. The van der Waals surface area contributed by atoms with E-state index in [1.165, 1.54) is 0 Å². The molecule has 3 N–H and O–H groups in total. The van der Waals surface area contributed by atoms with E-state index in [1.807, 2.05) is 6.92 Å². The highest BCUT2D eigenvalue weighted by Gasteiger charge is 2.67. The molecule has 6 fully saturated rings. The Morgan fingerprint density at radius 1 is 0.889 bits per heavy atom. The van der Waals surface area contributed by atoms with Gasteiger partial charge in [-0.3, -0.25) is 0 Å². The number of esters is 1.